The molecule has 0 spiro atoms. The normalized spacial score (nSPS) is 24.1. The Morgan fingerprint density at radius 1 is 0.390 bits per heavy atom. The number of anilines is 1. The Labute approximate surface area is 619 Å². The monoisotopic (exact) mass is 1420 g/mol. The van der Waals surface area contributed by atoms with Crippen molar-refractivity contribution in [1.29, 1.82) is 0 Å². The van der Waals surface area contributed by atoms with Gasteiger partial charge in [-0.2, -0.15) is 0 Å². The summed E-state index contributed by atoms with van der Waals surface area (Å²) in [5.41, 5.74) is 5.55. The smallest absolute Gasteiger partial charge is 0.250 e. The topological polar surface area (TPSA) is 50.9 Å². The number of methoxy groups -OCH3 is 1. The number of hydrogen-bond donors (Lipinski definition) is 0. The number of piperazine rings is 1. The van der Waals surface area contributed by atoms with Crippen LogP contribution in [-0.4, -0.2) is 257 Å². The van der Waals surface area contributed by atoms with Gasteiger partial charge in [-0.05, 0) is 347 Å². The summed E-state index contributed by atoms with van der Waals surface area (Å²) in [6, 6.07) is 7.31. The van der Waals surface area contributed by atoms with E-state index >= 15 is 0 Å². The number of fused-ring (bicyclic) bond motifs is 3. The largest absolute Gasteiger partial charge is 0.497 e. The number of likely N-dealkylation sites (tertiary alicyclic amines) is 5. The SMILES string of the molecule is CC(C)(C)N1CCC(F)(F)CC1.CC(C)(C)N1CCC(F)CC1.CC(C)(C)N1CCC2CC1C2.CC(C)(C)N1CCCC1.CC(C)(C)N1CCCCC1.CC(C)(C)N1CCCCCC1.CC(C)(C)N1CCOCC1.CN1CCN(C(C)(C)C)CC1.COc1ccc2c(c1)CCN2C(C)(C)C. The second-order valence-electron chi connectivity index (χ2n) is 39.9. The predicted octanol–water partition coefficient (Wildman–Crippen LogP) is 18.8. The third-order valence-electron chi connectivity index (χ3n) is 22.4. The van der Waals surface area contributed by atoms with E-state index < -0.39 is 12.1 Å². The second-order valence-corrected chi connectivity index (χ2v) is 39.9. The van der Waals surface area contributed by atoms with Crippen LogP contribution in [0.15, 0.2) is 18.2 Å². The number of likely N-dealkylation sites (N-methyl/N-ethyl adjacent to an activating group) is 1. The number of nitrogens with zero attached hydrogens (tertiary/aromatic N) is 10. The fourth-order valence-electron chi connectivity index (χ4n) is 15.2. The Morgan fingerprint density at radius 3 is 1.07 bits per heavy atom. The van der Waals surface area contributed by atoms with Crippen molar-refractivity contribution in [3.8, 4) is 5.75 Å². The van der Waals surface area contributed by atoms with Crippen LogP contribution in [0, 0.1) is 5.92 Å². The summed E-state index contributed by atoms with van der Waals surface area (Å²) in [7, 11) is 3.91. The van der Waals surface area contributed by atoms with Crippen LogP contribution >= 0.6 is 0 Å². The second kappa shape index (κ2) is 41.0. The highest BCUT2D eigenvalue weighted by molar-refractivity contribution is 5.61. The molecule has 9 saturated heterocycles. The number of piperidine rings is 5. The molecule has 1 aromatic rings. The van der Waals surface area contributed by atoms with Crippen molar-refractivity contribution in [2.45, 2.75) is 364 Å². The average molecular weight is 1420 g/mol. The zero-order chi connectivity index (χ0) is 75.9. The van der Waals surface area contributed by atoms with Crippen LogP contribution in [0.1, 0.15) is 295 Å². The molecular formula is C85H167F3N10O2. The summed E-state index contributed by atoms with van der Waals surface area (Å²) in [5.74, 6) is -0.356. The lowest BCUT2D eigenvalue weighted by atomic mass is 9.72. The van der Waals surface area contributed by atoms with E-state index in [9.17, 15) is 13.2 Å². The van der Waals surface area contributed by atoms with E-state index in [2.05, 4.69) is 255 Å². The Morgan fingerprint density at radius 2 is 0.740 bits per heavy atom. The first kappa shape index (κ1) is 92.4. The first-order chi connectivity index (χ1) is 45.8. The van der Waals surface area contributed by atoms with Crippen molar-refractivity contribution in [3.05, 3.63) is 23.8 Å². The van der Waals surface area contributed by atoms with Crippen LogP contribution < -0.4 is 9.64 Å². The van der Waals surface area contributed by atoms with Crippen molar-refractivity contribution in [2.75, 3.05) is 150 Å². The Balaban J connectivity index is 0.000000294. The minimum absolute atomic E-state index is 0.0181. The lowest BCUT2D eigenvalue weighted by Crippen LogP contribution is -2.58. The maximum absolute atomic E-state index is 12.7. The molecule has 10 fully saturated rings. The number of halogens is 3. The van der Waals surface area contributed by atoms with E-state index in [0.29, 0.717) is 46.3 Å². The number of ether oxygens (including phenoxy) is 2. The molecule has 1 aromatic carbocycles. The zero-order valence-corrected chi connectivity index (χ0v) is 71.5. The van der Waals surface area contributed by atoms with Crippen LogP contribution in [0.5, 0.6) is 5.75 Å². The molecule has 100 heavy (non-hydrogen) atoms. The first-order valence-corrected chi connectivity index (χ1v) is 40.6. The number of benzene rings is 1. The summed E-state index contributed by atoms with van der Waals surface area (Å²) >= 11 is 0. The molecule has 0 aromatic heterocycles. The first-order valence-electron chi connectivity index (χ1n) is 40.6. The van der Waals surface area contributed by atoms with E-state index in [4.69, 9.17) is 9.47 Å². The van der Waals surface area contributed by atoms with E-state index in [1.54, 1.807) is 7.11 Å². The van der Waals surface area contributed by atoms with Gasteiger partial charge in [0.25, 0.3) is 5.92 Å². The standard InChI is InChI=1S/C13H19NO.C10H19N.C10H21N.C9H17F2N.C9H18FN.C9H20N2.C9H19N.C8H17NO.C8H17N/c1-13(2,3)14-8-7-10-9-11(15-4)5-6-12(10)14;1-10(2,3)11-5-4-8-6-9(11)7-8;1-10(2,3)11-8-6-4-5-7-9-11;1-8(2,3)12-6-4-9(10,11)5-7-12;1-9(2,3)11-6-4-8(10)5-7-11;1-9(2,3)11-7-5-10(4)6-8-11;1-9(2,3)10-7-5-4-6-8-10;1-8(2,3)9-4-6-10-7-5-9;1-8(2,3)9-6-4-5-7-9/h5-6,9H,7-8H2,1-4H3;8-9H,4-7H2,1-3H3;4-9H2,1-3H3;4-7H2,1-3H3;8H,4-7H2,1-3H3;5-8H2,1-4H3;4-8H2,1-3H3;4-7H2,1-3H3;4-7H2,1-3H3. The van der Waals surface area contributed by atoms with Crippen molar-refractivity contribution in [2.24, 2.45) is 5.92 Å². The van der Waals surface area contributed by atoms with Gasteiger partial charge in [0.05, 0.1) is 20.3 Å². The molecule has 0 amide bonds. The highest BCUT2D eigenvalue weighted by atomic mass is 19.3. The quantitative estimate of drug-likeness (QED) is 0.269. The lowest BCUT2D eigenvalue weighted by Gasteiger charge is -2.54. The van der Waals surface area contributed by atoms with Crippen LogP contribution in [-0.2, 0) is 11.2 Å². The highest BCUT2D eigenvalue weighted by Gasteiger charge is 2.43. The van der Waals surface area contributed by atoms with Gasteiger partial charge in [-0.25, -0.2) is 13.2 Å². The summed E-state index contributed by atoms with van der Waals surface area (Å²) in [6.07, 6.45) is 19.2. The number of alkyl halides is 3. The van der Waals surface area contributed by atoms with Crippen molar-refractivity contribution >= 4 is 5.69 Å². The summed E-state index contributed by atoms with van der Waals surface area (Å²) in [5, 5.41) is 0. The minimum Gasteiger partial charge on any atom is -0.497 e. The maximum atomic E-state index is 12.7. The molecule has 15 heteroatoms. The van der Waals surface area contributed by atoms with E-state index in [0.717, 1.165) is 82.9 Å². The summed E-state index contributed by atoms with van der Waals surface area (Å²) in [6.45, 7) is 83.0. The Hall–Kier alpha value is -1.79. The maximum Gasteiger partial charge on any atom is 0.250 e. The molecule has 12 rings (SSSR count). The van der Waals surface area contributed by atoms with Crippen molar-refractivity contribution in [3.63, 3.8) is 0 Å². The van der Waals surface area contributed by atoms with Gasteiger partial charge < -0.3 is 19.3 Å². The van der Waals surface area contributed by atoms with Crippen molar-refractivity contribution in [1.82, 2.24) is 44.1 Å². The van der Waals surface area contributed by atoms with E-state index in [1.807, 2.05) is 6.07 Å². The molecular weight excluding hydrogens is 1250 g/mol. The third kappa shape index (κ3) is 35.3. The Kier molecular flexibility index (Phi) is 37.9. The van der Waals surface area contributed by atoms with Crippen LogP contribution in [0.3, 0.4) is 0 Å². The molecule has 10 aliphatic heterocycles. The molecule has 10 heterocycles. The third-order valence-corrected chi connectivity index (χ3v) is 22.4. The highest BCUT2D eigenvalue weighted by Crippen LogP contribution is 2.42. The summed E-state index contributed by atoms with van der Waals surface area (Å²) < 4.78 is 48.7. The van der Waals surface area contributed by atoms with Gasteiger partial charge in [0, 0.05) is 146 Å². The zero-order valence-electron chi connectivity index (χ0n) is 71.5. The molecule has 0 atom stereocenters. The number of hydrogen-bond acceptors (Lipinski definition) is 12. The van der Waals surface area contributed by atoms with Gasteiger partial charge in [0.2, 0.25) is 0 Å². The molecule has 1 saturated carbocycles. The van der Waals surface area contributed by atoms with E-state index in [-0.39, 0.29) is 29.5 Å². The lowest BCUT2D eigenvalue weighted by molar-refractivity contribution is -0.0713. The van der Waals surface area contributed by atoms with Gasteiger partial charge >= 0.3 is 0 Å². The molecule has 2 bridgehead atoms. The van der Waals surface area contributed by atoms with Crippen molar-refractivity contribution < 1.29 is 22.6 Å². The number of morpholine rings is 1. The van der Waals surface area contributed by atoms with E-state index in [1.165, 1.54) is 160 Å². The predicted molar refractivity (Wildman–Crippen MR) is 429 cm³/mol. The van der Waals surface area contributed by atoms with Gasteiger partial charge in [0.1, 0.15) is 11.9 Å². The molecule has 590 valence electrons. The van der Waals surface area contributed by atoms with Gasteiger partial charge in [-0.1, -0.05) is 19.3 Å². The van der Waals surface area contributed by atoms with Crippen LogP contribution in [0.4, 0.5) is 18.9 Å². The number of rotatable bonds is 1. The van der Waals surface area contributed by atoms with Gasteiger partial charge in [0.15, 0.2) is 0 Å². The molecule has 11 aliphatic rings. The summed E-state index contributed by atoms with van der Waals surface area (Å²) in [4.78, 5) is 24.7. The molecule has 12 nitrogen and oxygen atoms in total. The fourth-order valence-corrected chi connectivity index (χ4v) is 15.2. The molecule has 0 unspecified atom stereocenters. The molecule has 0 radical (unpaired) electrons. The van der Waals surface area contributed by atoms with Gasteiger partial charge in [-0.3, -0.25) is 39.2 Å². The minimum atomic E-state index is -2.41. The molecule has 0 N–H and O–H groups in total. The fraction of sp³-hybridized carbons (Fsp3) is 0.929. The Bertz CT molecular complexity index is 2230. The van der Waals surface area contributed by atoms with Crippen LogP contribution in [0.2, 0.25) is 0 Å². The average Bonchev–Trinajstić information content (AvgIpc) is 1.45. The molecule has 1 aliphatic carbocycles. The van der Waals surface area contributed by atoms with Crippen LogP contribution in [0.25, 0.3) is 0 Å². The van der Waals surface area contributed by atoms with Gasteiger partial charge in [-0.15, -0.1) is 0 Å².